The fourth-order valence-electron chi connectivity index (χ4n) is 4.80. The first-order valence-corrected chi connectivity index (χ1v) is 11.6. The maximum Gasteiger partial charge on any atom is 0.282 e. The van der Waals surface area contributed by atoms with E-state index >= 15 is 0 Å². The number of carbonyl (C=O) groups excluding carboxylic acids is 3. The molecule has 1 saturated heterocycles. The molecule has 2 aliphatic heterocycles. The summed E-state index contributed by atoms with van der Waals surface area (Å²) < 4.78 is 5.52. The third-order valence-electron chi connectivity index (χ3n) is 6.50. The minimum Gasteiger partial charge on any atom is -0.494 e. The van der Waals surface area contributed by atoms with Gasteiger partial charge in [-0.05, 0) is 55.3 Å². The second-order valence-electron chi connectivity index (χ2n) is 8.42. The first kappa shape index (κ1) is 23.5. The molecular formula is C26H20ClN3O6. The molecule has 0 bridgehead atoms. The van der Waals surface area contributed by atoms with Crippen LogP contribution in [0, 0.1) is 17.0 Å². The highest BCUT2D eigenvalue weighted by molar-refractivity contribution is 6.32. The molecule has 0 spiro atoms. The summed E-state index contributed by atoms with van der Waals surface area (Å²) in [5.41, 5.74) is 1.01. The van der Waals surface area contributed by atoms with Gasteiger partial charge < -0.3 is 9.64 Å². The smallest absolute Gasteiger partial charge is 0.282 e. The number of nitro benzene ring substituents is 1. The predicted molar refractivity (Wildman–Crippen MR) is 131 cm³/mol. The quantitative estimate of drug-likeness (QED) is 0.208. The molecular weight excluding hydrogens is 486 g/mol. The lowest BCUT2D eigenvalue weighted by atomic mass is 9.85. The number of carbonyl (C=O) groups is 3. The van der Waals surface area contributed by atoms with E-state index in [0.29, 0.717) is 34.2 Å². The number of benzene rings is 3. The van der Waals surface area contributed by atoms with E-state index in [1.54, 1.807) is 49.4 Å². The molecule has 0 aromatic heterocycles. The number of imide groups is 1. The fraction of sp³-hybridized carbons (Fsp3) is 0.192. The number of amides is 3. The van der Waals surface area contributed by atoms with Crippen LogP contribution in [0.2, 0.25) is 5.02 Å². The Hall–Kier alpha value is -4.24. The minimum absolute atomic E-state index is 0.0928. The zero-order valence-electron chi connectivity index (χ0n) is 19.3. The lowest BCUT2D eigenvalue weighted by molar-refractivity contribution is -0.385. The van der Waals surface area contributed by atoms with Crippen LogP contribution in [0.25, 0.3) is 0 Å². The van der Waals surface area contributed by atoms with Crippen LogP contribution in [0.5, 0.6) is 5.75 Å². The highest BCUT2D eigenvalue weighted by Crippen LogP contribution is 2.46. The normalized spacial score (nSPS) is 18.8. The Balaban J connectivity index is 1.61. The van der Waals surface area contributed by atoms with E-state index in [2.05, 4.69) is 0 Å². The van der Waals surface area contributed by atoms with Crippen LogP contribution in [0.1, 0.15) is 44.8 Å². The Morgan fingerprint density at radius 3 is 2.31 bits per heavy atom. The number of fused-ring (bicyclic) bond motifs is 1. The van der Waals surface area contributed by atoms with Crippen LogP contribution in [0.3, 0.4) is 0 Å². The van der Waals surface area contributed by atoms with Gasteiger partial charge in [-0.1, -0.05) is 35.9 Å². The van der Waals surface area contributed by atoms with Crippen LogP contribution < -0.4 is 9.64 Å². The first-order valence-electron chi connectivity index (χ1n) is 11.2. The summed E-state index contributed by atoms with van der Waals surface area (Å²) in [6.45, 7) is 4.12. The first-order chi connectivity index (χ1) is 17.3. The molecule has 36 heavy (non-hydrogen) atoms. The van der Waals surface area contributed by atoms with Crippen molar-refractivity contribution in [2.24, 2.45) is 0 Å². The summed E-state index contributed by atoms with van der Waals surface area (Å²) in [4.78, 5) is 53.5. The molecule has 0 N–H and O–H groups in total. The molecule has 3 aromatic rings. The lowest BCUT2D eigenvalue weighted by Crippen LogP contribution is -2.67. The van der Waals surface area contributed by atoms with Gasteiger partial charge in [-0.25, -0.2) is 0 Å². The van der Waals surface area contributed by atoms with Crippen molar-refractivity contribution in [1.29, 1.82) is 0 Å². The number of ether oxygens (including phenoxy) is 1. The summed E-state index contributed by atoms with van der Waals surface area (Å²) in [5.74, 6) is -1.46. The Morgan fingerprint density at radius 2 is 1.64 bits per heavy atom. The van der Waals surface area contributed by atoms with Gasteiger partial charge in [-0.15, -0.1) is 0 Å². The molecule has 182 valence electrons. The van der Waals surface area contributed by atoms with Crippen molar-refractivity contribution >= 4 is 40.7 Å². The lowest BCUT2D eigenvalue weighted by Gasteiger charge is -2.50. The van der Waals surface area contributed by atoms with Gasteiger partial charge in [0.05, 0.1) is 23.1 Å². The maximum absolute atomic E-state index is 13.6. The van der Waals surface area contributed by atoms with E-state index in [0.717, 1.165) is 4.90 Å². The van der Waals surface area contributed by atoms with Crippen molar-refractivity contribution in [3.8, 4) is 5.75 Å². The number of rotatable bonds is 6. The van der Waals surface area contributed by atoms with E-state index in [1.165, 1.54) is 23.1 Å². The van der Waals surface area contributed by atoms with E-state index in [4.69, 9.17) is 16.3 Å². The number of hydrogen-bond acceptors (Lipinski definition) is 6. The fourth-order valence-corrected chi connectivity index (χ4v) is 4.97. The molecule has 3 aromatic carbocycles. The molecule has 2 heterocycles. The van der Waals surface area contributed by atoms with E-state index in [-0.39, 0.29) is 11.1 Å². The van der Waals surface area contributed by atoms with Gasteiger partial charge in [0.25, 0.3) is 23.4 Å². The molecule has 10 heteroatoms. The molecule has 9 nitrogen and oxygen atoms in total. The van der Waals surface area contributed by atoms with E-state index in [1.807, 2.05) is 6.92 Å². The number of β-lactam (4-membered cyclic amide) rings is 1. The molecule has 0 aliphatic carbocycles. The Morgan fingerprint density at radius 1 is 0.944 bits per heavy atom. The minimum atomic E-state index is -1.19. The van der Waals surface area contributed by atoms with Gasteiger partial charge in [0, 0.05) is 16.8 Å². The van der Waals surface area contributed by atoms with Crippen molar-refractivity contribution in [2.45, 2.75) is 25.9 Å². The molecule has 0 saturated carbocycles. The zero-order valence-corrected chi connectivity index (χ0v) is 20.1. The van der Waals surface area contributed by atoms with E-state index < -0.39 is 40.4 Å². The van der Waals surface area contributed by atoms with Crippen LogP contribution in [0.4, 0.5) is 11.4 Å². The second kappa shape index (κ2) is 8.76. The van der Waals surface area contributed by atoms with Crippen molar-refractivity contribution in [2.75, 3.05) is 11.5 Å². The number of nitro groups is 1. The third kappa shape index (κ3) is 3.43. The number of nitrogens with zero attached hydrogens (tertiary/aromatic N) is 3. The average Bonchev–Trinajstić information content (AvgIpc) is 3.11. The van der Waals surface area contributed by atoms with E-state index in [9.17, 15) is 24.5 Å². The molecule has 3 amide bonds. The molecule has 2 atom stereocenters. The summed E-state index contributed by atoms with van der Waals surface area (Å²) in [7, 11) is 0. The zero-order chi connectivity index (χ0) is 25.7. The van der Waals surface area contributed by atoms with Crippen molar-refractivity contribution in [3.63, 3.8) is 0 Å². The Kier molecular flexibility index (Phi) is 5.72. The van der Waals surface area contributed by atoms with Gasteiger partial charge in [-0.2, -0.15) is 0 Å². The average molecular weight is 506 g/mol. The van der Waals surface area contributed by atoms with Crippen molar-refractivity contribution in [1.82, 2.24) is 4.90 Å². The van der Waals surface area contributed by atoms with Crippen LogP contribution in [-0.2, 0) is 4.79 Å². The van der Waals surface area contributed by atoms with Crippen molar-refractivity contribution < 1.29 is 24.0 Å². The third-order valence-corrected chi connectivity index (χ3v) is 6.91. The highest BCUT2D eigenvalue weighted by Gasteiger charge is 2.58. The summed E-state index contributed by atoms with van der Waals surface area (Å²) in [5, 5.41) is 12.0. The molecule has 0 radical (unpaired) electrons. The van der Waals surface area contributed by atoms with Crippen LogP contribution in [-0.4, -0.2) is 40.2 Å². The van der Waals surface area contributed by atoms with Crippen LogP contribution in [0.15, 0.2) is 60.7 Å². The second-order valence-corrected chi connectivity index (χ2v) is 8.83. The predicted octanol–water partition coefficient (Wildman–Crippen LogP) is 4.71. The molecule has 1 fully saturated rings. The van der Waals surface area contributed by atoms with Gasteiger partial charge >= 0.3 is 0 Å². The Labute approximate surface area is 211 Å². The van der Waals surface area contributed by atoms with Gasteiger partial charge in [0.1, 0.15) is 17.4 Å². The number of halogens is 1. The largest absolute Gasteiger partial charge is 0.494 e. The van der Waals surface area contributed by atoms with Crippen LogP contribution >= 0.6 is 11.6 Å². The number of hydrogen-bond donors (Lipinski definition) is 0. The Bertz CT molecular complexity index is 1440. The monoisotopic (exact) mass is 505 g/mol. The number of anilines is 1. The summed E-state index contributed by atoms with van der Waals surface area (Å²) in [6.07, 6.45) is 0. The standard InChI is InChI=1S/C26H20ClN3O6/c1-3-36-16-12-10-15(11-13-16)22-23(26(33)28(22)19-8-5-7-18(27)14(19)2)29-24(31)17-6-4-9-20(30(34)35)21(17)25(29)32/h4-13,22-23H,3H2,1-2H3/t22-,23-/m1/s1. The van der Waals surface area contributed by atoms with Crippen molar-refractivity contribution in [3.05, 3.63) is 98.1 Å². The summed E-state index contributed by atoms with van der Waals surface area (Å²) in [6, 6.07) is 14.1. The van der Waals surface area contributed by atoms with Gasteiger partial charge in [0.2, 0.25) is 0 Å². The maximum atomic E-state index is 13.6. The molecule has 5 rings (SSSR count). The molecule has 0 unspecified atom stereocenters. The highest BCUT2D eigenvalue weighted by atomic mass is 35.5. The topological polar surface area (TPSA) is 110 Å². The summed E-state index contributed by atoms with van der Waals surface area (Å²) >= 11 is 6.32. The SMILES string of the molecule is CCOc1ccc([C@@H]2[C@@H](N3C(=O)c4cccc([N+](=O)[O-])c4C3=O)C(=O)N2c2cccc(Cl)c2C)cc1. The molecule has 2 aliphatic rings. The van der Waals surface area contributed by atoms with Gasteiger partial charge in [0.15, 0.2) is 0 Å². The van der Waals surface area contributed by atoms with Gasteiger partial charge in [-0.3, -0.25) is 29.4 Å².